The number of alkyl halides is 2. The predicted octanol–water partition coefficient (Wildman–Crippen LogP) is 2.12. The van der Waals surface area contributed by atoms with Crippen molar-refractivity contribution in [3.8, 4) is 0 Å². The number of aromatic nitrogens is 3. The molecule has 3 atom stereocenters. The molecule has 11 heteroatoms. The molecule has 9 nitrogen and oxygen atoms in total. The van der Waals surface area contributed by atoms with Crippen LogP contribution < -0.4 is 15.5 Å². The molecule has 3 fully saturated rings. The Morgan fingerprint density at radius 3 is 2.48 bits per heavy atom. The van der Waals surface area contributed by atoms with E-state index in [1.54, 1.807) is 43.4 Å². The first kappa shape index (κ1) is 21.5. The number of carbonyl (C=O) groups excluding carboxylic acids is 2. The number of rotatable bonds is 5. The zero-order valence-electron chi connectivity index (χ0n) is 18.4. The fourth-order valence-corrected chi connectivity index (χ4v) is 4.82. The first-order valence-corrected chi connectivity index (χ1v) is 11.0. The third-order valence-corrected chi connectivity index (χ3v) is 6.60. The topological polar surface area (TPSA) is 103 Å². The number of hydrogen-bond acceptors (Lipinski definition) is 7. The lowest BCUT2D eigenvalue weighted by Gasteiger charge is -2.41. The zero-order valence-corrected chi connectivity index (χ0v) is 18.4. The van der Waals surface area contributed by atoms with Gasteiger partial charge in [-0.1, -0.05) is 0 Å². The highest BCUT2D eigenvalue weighted by molar-refractivity contribution is 5.93. The van der Waals surface area contributed by atoms with Gasteiger partial charge in [-0.2, -0.15) is 4.98 Å². The van der Waals surface area contributed by atoms with Crippen molar-refractivity contribution >= 4 is 29.3 Å². The number of anilines is 3. The average Bonchev–Trinajstić information content (AvgIpc) is 3.36. The second-order valence-electron chi connectivity index (χ2n) is 8.89. The third kappa shape index (κ3) is 3.96. The molecule has 1 unspecified atom stereocenters. The maximum Gasteiger partial charge on any atom is 0.269 e. The molecular weight excluding hydrogens is 432 g/mol. The molecule has 3 aliphatic rings. The Balaban J connectivity index is 1.28. The molecule has 5 rings (SSSR count). The molecule has 0 spiro atoms. The van der Waals surface area contributed by atoms with Crippen LogP contribution >= 0.6 is 0 Å². The minimum atomic E-state index is -2.84. The summed E-state index contributed by atoms with van der Waals surface area (Å²) in [5.41, 5.74) is 1.72. The van der Waals surface area contributed by atoms with Crippen molar-refractivity contribution in [2.75, 3.05) is 30.4 Å². The van der Waals surface area contributed by atoms with Gasteiger partial charge < -0.3 is 20.4 Å². The molecule has 2 N–H and O–H groups in total. The van der Waals surface area contributed by atoms with Gasteiger partial charge in [0.1, 0.15) is 17.4 Å². The van der Waals surface area contributed by atoms with Gasteiger partial charge in [0, 0.05) is 44.8 Å². The van der Waals surface area contributed by atoms with Gasteiger partial charge in [0.05, 0.1) is 11.9 Å². The summed E-state index contributed by atoms with van der Waals surface area (Å²) in [6.07, 6.45) is 4.48. The Morgan fingerprint density at radius 2 is 1.88 bits per heavy atom. The Bertz CT molecular complexity index is 1100. The molecule has 1 aliphatic carbocycles. The van der Waals surface area contributed by atoms with Crippen LogP contribution in [0.1, 0.15) is 35.3 Å². The smallest absolute Gasteiger partial charge is 0.269 e. The number of aryl methyl sites for hydroxylation is 1. The highest BCUT2D eigenvalue weighted by Gasteiger charge is 2.64. The largest absolute Gasteiger partial charge is 0.354 e. The van der Waals surface area contributed by atoms with Crippen LogP contribution in [0, 0.1) is 12.8 Å². The molecule has 2 aromatic heterocycles. The van der Waals surface area contributed by atoms with E-state index in [4.69, 9.17) is 0 Å². The van der Waals surface area contributed by atoms with E-state index in [1.807, 2.05) is 0 Å². The van der Waals surface area contributed by atoms with Gasteiger partial charge in [-0.3, -0.25) is 9.59 Å². The SMILES string of the molecule is CNC(=O)c1ncc(Nc2nccc(N3CC4CC[C@H](C3)N4C(=O)[C@@H]3CC3(F)F)n2)cc1C. The fraction of sp³-hybridized carbons (Fsp3) is 0.500. The molecule has 2 bridgehead atoms. The number of piperazine rings is 1. The molecule has 2 aliphatic heterocycles. The van der Waals surface area contributed by atoms with Gasteiger partial charge in [0.2, 0.25) is 11.9 Å². The monoisotopic (exact) mass is 457 g/mol. The number of carbonyl (C=O) groups is 2. The molecule has 0 radical (unpaired) electrons. The van der Waals surface area contributed by atoms with Gasteiger partial charge in [-0.25, -0.2) is 18.7 Å². The second-order valence-corrected chi connectivity index (χ2v) is 8.89. The molecule has 1 saturated carbocycles. The Labute approximate surface area is 189 Å². The van der Waals surface area contributed by atoms with Gasteiger partial charge >= 0.3 is 0 Å². The van der Waals surface area contributed by atoms with Crippen LogP contribution in [0.25, 0.3) is 0 Å². The second kappa shape index (κ2) is 7.89. The van der Waals surface area contributed by atoms with Gasteiger partial charge in [-0.15, -0.1) is 0 Å². The standard InChI is InChI=1S/C22H25F2N7O2/c1-12-7-13(9-27-18(12)19(32)25-2)28-21-26-6-5-17(29-21)30-10-14-3-4-15(11-30)31(14)20(33)16-8-22(16,23)24/h5-7,9,14-16H,3-4,8,10-11H2,1-2H3,(H,25,32)(H,26,28,29)/t14-,15?,16+/m1/s1. The average molecular weight is 457 g/mol. The highest BCUT2D eigenvalue weighted by atomic mass is 19.3. The number of nitrogens with one attached hydrogen (secondary N) is 2. The van der Waals surface area contributed by atoms with E-state index in [0.717, 1.165) is 12.8 Å². The molecule has 4 heterocycles. The van der Waals surface area contributed by atoms with Crippen molar-refractivity contribution in [2.45, 2.75) is 44.2 Å². The summed E-state index contributed by atoms with van der Waals surface area (Å²) in [7, 11) is 1.55. The van der Waals surface area contributed by atoms with Crippen molar-refractivity contribution in [1.29, 1.82) is 0 Å². The van der Waals surface area contributed by atoms with Gasteiger partial charge in [-0.05, 0) is 37.5 Å². The zero-order chi connectivity index (χ0) is 23.3. The molecule has 33 heavy (non-hydrogen) atoms. The predicted molar refractivity (Wildman–Crippen MR) is 117 cm³/mol. The number of pyridine rings is 1. The maximum atomic E-state index is 13.4. The molecule has 0 aromatic carbocycles. The third-order valence-electron chi connectivity index (χ3n) is 6.60. The van der Waals surface area contributed by atoms with Gasteiger partial charge in [0.25, 0.3) is 11.8 Å². The lowest BCUT2D eigenvalue weighted by Crippen LogP contribution is -2.56. The Morgan fingerprint density at radius 1 is 1.18 bits per heavy atom. The number of fused-ring (bicyclic) bond motifs is 2. The Hall–Kier alpha value is -3.37. The van der Waals surface area contributed by atoms with Crippen LogP contribution in [-0.2, 0) is 4.79 Å². The van der Waals surface area contributed by atoms with Crippen LogP contribution in [0.15, 0.2) is 24.5 Å². The highest BCUT2D eigenvalue weighted by Crippen LogP contribution is 2.51. The van der Waals surface area contributed by atoms with Crippen LogP contribution in [0.2, 0.25) is 0 Å². The molecule has 2 amide bonds. The normalized spacial score (nSPS) is 25.0. The van der Waals surface area contributed by atoms with E-state index in [9.17, 15) is 18.4 Å². The van der Waals surface area contributed by atoms with E-state index in [1.165, 1.54) is 0 Å². The van der Waals surface area contributed by atoms with E-state index >= 15 is 0 Å². The number of amides is 2. The fourth-order valence-electron chi connectivity index (χ4n) is 4.82. The van der Waals surface area contributed by atoms with E-state index in [-0.39, 0.29) is 24.4 Å². The van der Waals surface area contributed by atoms with Crippen molar-refractivity contribution in [1.82, 2.24) is 25.2 Å². The summed E-state index contributed by atoms with van der Waals surface area (Å²) in [5, 5.41) is 5.67. The van der Waals surface area contributed by atoms with E-state index < -0.39 is 17.7 Å². The first-order valence-electron chi connectivity index (χ1n) is 11.0. The molecular formula is C22H25F2N7O2. The lowest BCUT2D eigenvalue weighted by molar-refractivity contribution is -0.138. The Kier molecular flexibility index (Phi) is 5.13. The summed E-state index contributed by atoms with van der Waals surface area (Å²) in [4.78, 5) is 41.3. The minimum absolute atomic E-state index is 0.0804. The summed E-state index contributed by atoms with van der Waals surface area (Å²) in [5.74, 6) is -3.55. The molecule has 2 saturated heterocycles. The van der Waals surface area contributed by atoms with Crippen molar-refractivity contribution in [3.63, 3.8) is 0 Å². The molecule has 2 aromatic rings. The number of halogens is 2. The van der Waals surface area contributed by atoms with Crippen LogP contribution in [0.3, 0.4) is 0 Å². The number of nitrogens with zero attached hydrogens (tertiary/aromatic N) is 5. The van der Waals surface area contributed by atoms with Crippen LogP contribution in [-0.4, -0.2) is 69.8 Å². The maximum absolute atomic E-state index is 13.4. The summed E-state index contributed by atoms with van der Waals surface area (Å²) in [6, 6.07) is 3.44. The molecule has 174 valence electrons. The van der Waals surface area contributed by atoms with Crippen molar-refractivity contribution < 1.29 is 18.4 Å². The van der Waals surface area contributed by atoms with Crippen LogP contribution in [0.5, 0.6) is 0 Å². The quantitative estimate of drug-likeness (QED) is 0.709. The van der Waals surface area contributed by atoms with Crippen molar-refractivity contribution in [3.05, 3.63) is 35.8 Å². The minimum Gasteiger partial charge on any atom is -0.354 e. The van der Waals surface area contributed by atoms with E-state index in [2.05, 4.69) is 30.5 Å². The van der Waals surface area contributed by atoms with Crippen molar-refractivity contribution in [2.24, 2.45) is 5.92 Å². The van der Waals surface area contributed by atoms with Gasteiger partial charge in [0.15, 0.2) is 0 Å². The first-order chi connectivity index (χ1) is 15.8. The van der Waals surface area contributed by atoms with Crippen LogP contribution in [0.4, 0.5) is 26.2 Å². The lowest BCUT2D eigenvalue weighted by atomic mass is 10.1. The number of hydrogen-bond donors (Lipinski definition) is 2. The summed E-state index contributed by atoms with van der Waals surface area (Å²) < 4.78 is 26.9. The summed E-state index contributed by atoms with van der Waals surface area (Å²) in [6.45, 7) is 2.91. The van der Waals surface area contributed by atoms with E-state index in [0.29, 0.717) is 41.8 Å². The summed E-state index contributed by atoms with van der Waals surface area (Å²) >= 11 is 0.